The number of amides is 2. The van der Waals surface area contributed by atoms with Gasteiger partial charge in [-0.2, -0.15) is 0 Å². The molecule has 0 unspecified atom stereocenters. The molecule has 1 heterocycles. The normalized spacial score (nSPS) is 14.3. The molecule has 2 amide bonds. The SMILES string of the molecule is CC(C)(C)[Si](C)(C)OCc1c(Cc2ccccc2)ccc2c1C(=O)NC2=O. The largest absolute Gasteiger partial charge is 0.413 e. The number of carbonyl (C=O) groups is 2. The minimum atomic E-state index is -1.99. The number of hydrogen-bond acceptors (Lipinski definition) is 3. The quantitative estimate of drug-likeness (QED) is 0.604. The second-order valence-electron chi connectivity index (χ2n) is 8.62. The zero-order valence-corrected chi connectivity index (χ0v) is 17.7. The van der Waals surface area contributed by atoms with E-state index in [9.17, 15) is 9.59 Å². The molecule has 2 aromatic rings. The summed E-state index contributed by atoms with van der Waals surface area (Å²) in [4.78, 5) is 24.5. The minimum absolute atomic E-state index is 0.0720. The van der Waals surface area contributed by atoms with Gasteiger partial charge in [0.1, 0.15) is 0 Å². The van der Waals surface area contributed by atoms with E-state index in [-0.39, 0.29) is 16.9 Å². The fourth-order valence-electron chi connectivity index (χ4n) is 2.99. The molecule has 2 aromatic carbocycles. The Morgan fingerprint density at radius 3 is 2.26 bits per heavy atom. The lowest BCUT2D eigenvalue weighted by Crippen LogP contribution is -2.40. The Hall–Kier alpha value is -2.24. The number of benzene rings is 2. The van der Waals surface area contributed by atoms with Crippen molar-refractivity contribution in [2.45, 2.75) is 51.9 Å². The molecule has 0 radical (unpaired) electrons. The zero-order valence-electron chi connectivity index (χ0n) is 16.7. The second-order valence-corrected chi connectivity index (χ2v) is 13.4. The van der Waals surface area contributed by atoms with Crippen LogP contribution in [0, 0.1) is 0 Å². The van der Waals surface area contributed by atoms with Crippen LogP contribution in [0.15, 0.2) is 42.5 Å². The van der Waals surface area contributed by atoms with Crippen LogP contribution in [0.25, 0.3) is 0 Å². The first-order chi connectivity index (χ1) is 12.6. The molecule has 0 fully saturated rings. The molecule has 1 aliphatic rings. The lowest BCUT2D eigenvalue weighted by molar-refractivity contribution is 0.0878. The van der Waals surface area contributed by atoms with Crippen LogP contribution in [0.4, 0.5) is 0 Å². The number of rotatable bonds is 5. The van der Waals surface area contributed by atoms with E-state index < -0.39 is 8.32 Å². The van der Waals surface area contributed by atoms with Gasteiger partial charge in [0.15, 0.2) is 8.32 Å². The van der Waals surface area contributed by atoms with Crippen LogP contribution >= 0.6 is 0 Å². The van der Waals surface area contributed by atoms with Gasteiger partial charge in [0.05, 0.1) is 17.7 Å². The highest BCUT2D eigenvalue weighted by molar-refractivity contribution is 6.74. The molecule has 1 N–H and O–H groups in total. The van der Waals surface area contributed by atoms with Crippen molar-refractivity contribution in [3.63, 3.8) is 0 Å². The number of carbonyl (C=O) groups excluding carboxylic acids is 2. The number of hydrogen-bond donors (Lipinski definition) is 1. The molecule has 0 aliphatic carbocycles. The molecule has 0 saturated carbocycles. The highest BCUT2D eigenvalue weighted by Gasteiger charge is 2.38. The topological polar surface area (TPSA) is 55.4 Å². The summed E-state index contributed by atoms with van der Waals surface area (Å²) < 4.78 is 6.41. The molecule has 1 aliphatic heterocycles. The van der Waals surface area contributed by atoms with E-state index >= 15 is 0 Å². The Balaban J connectivity index is 2.01. The molecule has 27 heavy (non-hydrogen) atoms. The number of fused-ring (bicyclic) bond motifs is 1. The maximum absolute atomic E-state index is 12.4. The van der Waals surface area contributed by atoms with Crippen molar-refractivity contribution >= 4 is 20.1 Å². The van der Waals surface area contributed by atoms with Gasteiger partial charge >= 0.3 is 0 Å². The van der Waals surface area contributed by atoms with Crippen molar-refractivity contribution in [2.75, 3.05) is 0 Å². The maximum atomic E-state index is 12.4. The first-order valence-corrected chi connectivity index (χ1v) is 12.2. The summed E-state index contributed by atoms with van der Waals surface area (Å²) in [7, 11) is -1.99. The molecular formula is C22H27NO3Si. The predicted octanol–water partition coefficient (Wildman–Crippen LogP) is 4.68. The first kappa shape index (κ1) is 19.5. The van der Waals surface area contributed by atoms with Gasteiger partial charge in [-0.3, -0.25) is 14.9 Å². The summed E-state index contributed by atoms with van der Waals surface area (Å²) in [5.41, 5.74) is 3.96. The molecular weight excluding hydrogens is 354 g/mol. The van der Waals surface area contributed by atoms with E-state index in [0.29, 0.717) is 24.2 Å². The van der Waals surface area contributed by atoms with E-state index in [1.165, 1.54) is 0 Å². The van der Waals surface area contributed by atoms with Crippen molar-refractivity contribution in [1.29, 1.82) is 0 Å². The lowest BCUT2D eigenvalue weighted by atomic mass is 9.93. The lowest BCUT2D eigenvalue weighted by Gasteiger charge is -2.36. The molecule has 0 spiro atoms. The van der Waals surface area contributed by atoms with Gasteiger partial charge in [0, 0.05) is 0 Å². The first-order valence-electron chi connectivity index (χ1n) is 9.28. The summed E-state index contributed by atoms with van der Waals surface area (Å²) in [5, 5.41) is 2.49. The van der Waals surface area contributed by atoms with Gasteiger partial charge in [-0.25, -0.2) is 0 Å². The Morgan fingerprint density at radius 2 is 1.63 bits per heavy atom. The Morgan fingerprint density at radius 1 is 0.963 bits per heavy atom. The summed E-state index contributed by atoms with van der Waals surface area (Å²) >= 11 is 0. The molecule has 142 valence electrons. The number of nitrogens with one attached hydrogen (secondary N) is 1. The van der Waals surface area contributed by atoms with E-state index in [2.05, 4.69) is 51.3 Å². The Bertz CT molecular complexity index is 882. The van der Waals surface area contributed by atoms with Gasteiger partial charge in [-0.05, 0) is 47.3 Å². The summed E-state index contributed by atoms with van der Waals surface area (Å²) in [5.74, 6) is -0.645. The van der Waals surface area contributed by atoms with Crippen molar-refractivity contribution in [3.8, 4) is 0 Å². The van der Waals surface area contributed by atoms with E-state index in [4.69, 9.17) is 4.43 Å². The van der Waals surface area contributed by atoms with E-state index in [0.717, 1.165) is 16.7 Å². The van der Waals surface area contributed by atoms with Gasteiger partial charge in [0.25, 0.3) is 11.8 Å². The smallest absolute Gasteiger partial charge is 0.259 e. The molecule has 0 aromatic heterocycles. The van der Waals surface area contributed by atoms with Crippen molar-refractivity contribution in [3.05, 3.63) is 70.3 Å². The molecule has 4 nitrogen and oxygen atoms in total. The molecule has 5 heteroatoms. The fraction of sp³-hybridized carbons (Fsp3) is 0.364. The zero-order chi connectivity index (χ0) is 19.8. The molecule has 0 atom stereocenters. The van der Waals surface area contributed by atoms with Crippen LogP contribution in [-0.2, 0) is 17.5 Å². The number of imide groups is 1. The fourth-order valence-corrected chi connectivity index (χ4v) is 3.93. The average molecular weight is 382 g/mol. The van der Waals surface area contributed by atoms with Gasteiger partial charge in [-0.1, -0.05) is 57.2 Å². The average Bonchev–Trinajstić information content (AvgIpc) is 2.88. The highest BCUT2D eigenvalue weighted by atomic mass is 28.4. The summed E-state index contributed by atoms with van der Waals surface area (Å²) in [6.07, 6.45) is 0.700. The third-order valence-corrected chi connectivity index (χ3v) is 10.2. The van der Waals surface area contributed by atoms with E-state index in [1.54, 1.807) is 6.07 Å². The van der Waals surface area contributed by atoms with Crippen LogP contribution in [0.3, 0.4) is 0 Å². The monoisotopic (exact) mass is 381 g/mol. The summed E-state index contributed by atoms with van der Waals surface area (Å²) in [6.45, 7) is 11.3. The third kappa shape index (κ3) is 3.89. The summed E-state index contributed by atoms with van der Waals surface area (Å²) in [6, 6.07) is 13.8. The Labute approximate surface area is 162 Å². The highest BCUT2D eigenvalue weighted by Crippen LogP contribution is 2.38. The maximum Gasteiger partial charge on any atom is 0.259 e. The van der Waals surface area contributed by atoms with Gasteiger partial charge in [0.2, 0.25) is 0 Å². The molecule has 0 bridgehead atoms. The molecule has 3 rings (SSSR count). The van der Waals surface area contributed by atoms with Crippen LogP contribution in [-0.4, -0.2) is 20.1 Å². The van der Waals surface area contributed by atoms with Crippen molar-refractivity contribution < 1.29 is 14.0 Å². The predicted molar refractivity (Wildman–Crippen MR) is 109 cm³/mol. The van der Waals surface area contributed by atoms with Gasteiger partial charge in [-0.15, -0.1) is 0 Å². The third-order valence-electron chi connectivity index (χ3n) is 5.73. The van der Waals surface area contributed by atoms with E-state index in [1.807, 2.05) is 24.3 Å². The van der Waals surface area contributed by atoms with Gasteiger partial charge < -0.3 is 4.43 Å². The van der Waals surface area contributed by atoms with Crippen molar-refractivity contribution in [1.82, 2.24) is 5.32 Å². The minimum Gasteiger partial charge on any atom is -0.413 e. The van der Waals surface area contributed by atoms with Crippen LogP contribution in [0.5, 0.6) is 0 Å². The van der Waals surface area contributed by atoms with Crippen molar-refractivity contribution in [2.24, 2.45) is 0 Å². The van der Waals surface area contributed by atoms with Crippen LogP contribution in [0.2, 0.25) is 18.1 Å². The second kappa shape index (κ2) is 7.06. The van der Waals surface area contributed by atoms with Crippen LogP contribution in [0.1, 0.15) is 58.2 Å². The molecule has 0 saturated heterocycles. The van der Waals surface area contributed by atoms with Crippen LogP contribution < -0.4 is 5.32 Å². The Kier molecular flexibility index (Phi) is 5.10. The standard InChI is InChI=1S/C22H27NO3Si/c1-22(2,3)27(4,5)26-14-18-16(13-15-9-7-6-8-10-15)11-12-17-19(18)21(25)23-20(17)24/h6-12H,13-14H2,1-5H3,(H,23,24,25).